The molecule has 0 aromatic carbocycles. The number of nitriles is 1. The quantitative estimate of drug-likeness (QED) is 0.675. The first kappa shape index (κ1) is 13.2. The van der Waals surface area contributed by atoms with Gasteiger partial charge < -0.3 is 10.1 Å². The second kappa shape index (κ2) is 6.62. The predicted molar refractivity (Wildman–Crippen MR) is 44.6 cm³/mol. The molecule has 0 amide bonds. The number of hydrogen-bond acceptors (Lipinski definition) is 3. The van der Waals surface area contributed by atoms with Gasteiger partial charge in [-0.3, -0.25) is 0 Å². The van der Waals surface area contributed by atoms with E-state index < -0.39 is 25.2 Å². The molecule has 0 aliphatic heterocycles. The highest BCUT2D eigenvalue weighted by atomic mass is 19.4. The highest BCUT2D eigenvalue weighted by Crippen LogP contribution is 2.18. The van der Waals surface area contributed by atoms with Gasteiger partial charge in [0.05, 0.1) is 25.7 Å². The first-order chi connectivity index (χ1) is 6.49. The molecule has 0 aromatic heterocycles. The van der Waals surface area contributed by atoms with Crippen LogP contribution in [0.25, 0.3) is 0 Å². The Hall–Kier alpha value is -0.800. The summed E-state index contributed by atoms with van der Waals surface area (Å²) in [5.41, 5.74) is 0. The van der Waals surface area contributed by atoms with Gasteiger partial charge in [0.25, 0.3) is 0 Å². The maximum absolute atomic E-state index is 11.6. The molecule has 0 heterocycles. The predicted octanol–water partition coefficient (Wildman–Crippen LogP) is 1.46. The van der Waals surface area contributed by atoms with Crippen LogP contribution in [0.15, 0.2) is 0 Å². The van der Waals surface area contributed by atoms with Gasteiger partial charge >= 0.3 is 6.18 Å². The molecule has 1 N–H and O–H groups in total. The highest BCUT2D eigenvalue weighted by molar-refractivity contribution is 4.88. The lowest BCUT2D eigenvalue weighted by molar-refractivity contribution is -0.145. The highest BCUT2D eigenvalue weighted by Gasteiger charge is 2.26. The Kier molecular flexibility index (Phi) is 6.25. The molecule has 0 saturated heterocycles. The summed E-state index contributed by atoms with van der Waals surface area (Å²) < 4.78 is 39.7. The maximum Gasteiger partial charge on any atom is 0.391 e. The third kappa shape index (κ3) is 7.83. The van der Waals surface area contributed by atoms with Crippen LogP contribution in [-0.4, -0.2) is 32.0 Å². The molecule has 0 spiro atoms. The Balaban J connectivity index is 3.48. The molecule has 3 nitrogen and oxygen atoms in total. The Morgan fingerprint density at radius 3 is 2.57 bits per heavy atom. The molecular formula is C8H13F3N2O. The van der Waals surface area contributed by atoms with Crippen molar-refractivity contribution in [2.24, 2.45) is 0 Å². The number of rotatable bonds is 6. The number of alkyl halides is 3. The number of halogens is 3. The third-order valence-corrected chi connectivity index (χ3v) is 1.42. The van der Waals surface area contributed by atoms with Crippen LogP contribution < -0.4 is 5.32 Å². The SMILES string of the molecule is CCNC(C#N)COCCC(F)(F)F. The van der Waals surface area contributed by atoms with Crippen LogP contribution in [-0.2, 0) is 4.74 Å². The topological polar surface area (TPSA) is 45.0 Å². The fourth-order valence-corrected chi connectivity index (χ4v) is 0.777. The summed E-state index contributed by atoms with van der Waals surface area (Å²) in [5.74, 6) is 0. The van der Waals surface area contributed by atoms with Crippen LogP contribution in [0.3, 0.4) is 0 Å². The summed E-state index contributed by atoms with van der Waals surface area (Å²) >= 11 is 0. The third-order valence-electron chi connectivity index (χ3n) is 1.42. The van der Waals surface area contributed by atoms with E-state index in [0.717, 1.165) is 0 Å². The zero-order valence-corrected chi connectivity index (χ0v) is 7.90. The zero-order chi connectivity index (χ0) is 11.0. The van der Waals surface area contributed by atoms with E-state index in [2.05, 4.69) is 5.32 Å². The molecular weight excluding hydrogens is 197 g/mol. The molecule has 82 valence electrons. The molecule has 0 bridgehead atoms. The van der Waals surface area contributed by atoms with E-state index >= 15 is 0 Å². The van der Waals surface area contributed by atoms with E-state index in [-0.39, 0.29) is 6.61 Å². The molecule has 0 aliphatic rings. The number of nitrogens with one attached hydrogen (secondary N) is 1. The van der Waals surface area contributed by atoms with E-state index in [1.165, 1.54) is 0 Å². The normalized spacial score (nSPS) is 13.6. The summed E-state index contributed by atoms with van der Waals surface area (Å²) in [5, 5.41) is 11.3. The summed E-state index contributed by atoms with van der Waals surface area (Å²) in [7, 11) is 0. The smallest absolute Gasteiger partial charge is 0.378 e. The molecule has 1 atom stereocenters. The molecule has 0 aromatic rings. The summed E-state index contributed by atoms with van der Waals surface area (Å²) in [4.78, 5) is 0. The molecule has 6 heteroatoms. The minimum absolute atomic E-state index is 0.0135. The Morgan fingerprint density at radius 1 is 1.50 bits per heavy atom. The van der Waals surface area contributed by atoms with Crippen molar-refractivity contribution in [3.8, 4) is 6.07 Å². The van der Waals surface area contributed by atoms with Gasteiger partial charge in [-0.25, -0.2) is 0 Å². The molecule has 0 saturated carbocycles. The maximum atomic E-state index is 11.6. The van der Waals surface area contributed by atoms with Crippen LogP contribution >= 0.6 is 0 Å². The zero-order valence-electron chi connectivity index (χ0n) is 7.90. The van der Waals surface area contributed by atoms with Crippen molar-refractivity contribution in [2.45, 2.75) is 25.6 Å². The summed E-state index contributed by atoms with van der Waals surface area (Å²) in [6.07, 6.45) is -5.17. The summed E-state index contributed by atoms with van der Waals surface area (Å²) in [6.45, 7) is 1.98. The van der Waals surface area contributed by atoms with Gasteiger partial charge in [-0.15, -0.1) is 0 Å². The first-order valence-corrected chi connectivity index (χ1v) is 4.27. The van der Waals surface area contributed by atoms with Crippen LogP contribution in [0.2, 0.25) is 0 Å². The van der Waals surface area contributed by atoms with Crippen molar-refractivity contribution in [3.05, 3.63) is 0 Å². The van der Waals surface area contributed by atoms with Gasteiger partial charge in [0.2, 0.25) is 0 Å². The fraction of sp³-hybridized carbons (Fsp3) is 0.875. The molecule has 0 aliphatic carbocycles. The Morgan fingerprint density at radius 2 is 2.14 bits per heavy atom. The number of hydrogen-bond donors (Lipinski definition) is 1. The largest absolute Gasteiger partial charge is 0.391 e. The van der Waals surface area contributed by atoms with Gasteiger partial charge in [0, 0.05) is 0 Å². The molecule has 0 radical (unpaired) electrons. The second-order valence-electron chi connectivity index (χ2n) is 2.68. The lowest BCUT2D eigenvalue weighted by atomic mass is 10.3. The van der Waals surface area contributed by atoms with Crippen molar-refractivity contribution >= 4 is 0 Å². The van der Waals surface area contributed by atoms with Gasteiger partial charge in [-0.1, -0.05) is 6.92 Å². The van der Waals surface area contributed by atoms with Crippen LogP contribution in [0.5, 0.6) is 0 Å². The standard InChI is InChI=1S/C8H13F3N2O/c1-2-13-7(5-12)6-14-4-3-8(9,10)11/h7,13H,2-4,6H2,1H3. The Bertz CT molecular complexity index is 188. The van der Waals surface area contributed by atoms with E-state index in [0.29, 0.717) is 6.54 Å². The van der Waals surface area contributed by atoms with Gasteiger partial charge in [-0.2, -0.15) is 18.4 Å². The van der Waals surface area contributed by atoms with Crippen molar-refractivity contribution in [3.63, 3.8) is 0 Å². The van der Waals surface area contributed by atoms with Gasteiger partial charge in [0.15, 0.2) is 0 Å². The van der Waals surface area contributed by atoms with Crippen molar-refractivity contribution in [1.29, 1.82) is 5.26 Å². The van der Waals surface area contributed by atoms with Gasteiger partial charge in [0.1, 0.15) is 6.04 Å². The minimum Gasteiger partial charge on any atom is -0.378 e. The van der Waals surface area contributed by atoms with E-state index in [4.69, 9.17) is 10.00 Å². The first-order valence-electron chi connectivity index (χ1n) is 4.27. The van der Waals surface area contributed by atoms with E-state index in [1.807, 2.05) is 6.07 Å². The van der Waals surface area contributed by atoms with Crippen LogP contribution in [0, 0.1) is 11.3 Å². The van der Waals surface area contributed by atoms with Gasteiger partial charge in [-0.05, 0) is 6.54 Å². The minimum atomic E-state index is -4.19. The van der Waals surface area contributed by atoms with E-state index in [1.54, 1.807) is 6.92 Å². The summed E-state index contributed by atoms with van der Waals surface area (Å²) in [6, 6.07) is 1.35. The number of likely N-dealkylation sites (N-methyl/N-ethyl adjacent to an activating group) is 1. The number of nitrogens with zero attached hydrogens (tertiary/aromatic N) is 1. The van der Waals surface area contributed by atoms with Crippen molar-refractivity contribution in [1.82, 2.24) is 5.32 Å². The average Bonchev–Trinajstić information content (AvgIpc) is 2.08. The molecule has 0 rings (SSSR count). The molecule has 1 unspecified atom stereocenters. The lowest BCUT2D eigenvalue weighted by Gasteiger charge is -2.11. The lowest BCUT2D eigenvalue weighted by Crippen LogP contribution is -2.32. The monoisotopic (exact) mass is 210 g/mol. The molecule has 14 heavy (non-hydrogen) atoms. The second-order valence-corrected chi connectivity index (χ2v) is 2.68. The van der Waals surface area contributed by atoms with E-state index in [9.17, 15) is 13.2 Å². The number of ether oxygens (including phenoxy) is 1. The average molecular weight is 210 g/mol. The van der Waals surface area contributed by atoms with Crippen molar-refractivity contribution < 1.29 is 17.9 Å². The fourth-order valence-electron chi connectivity index (χ4n) is 0.777. The van der Waals surface area contributed by atoms with Crippen LogP contribution in [0.1, 0.15) is 13.3 Å². The Labute approximate surface area is 80.8 Å². The van der Waals surface area contributed by atoms with Crippen molar-refractivity contribution in [2.75, 3.05) is 19.8 Å². The molecule has 0 fully saturated rings. The van der Waals surface area contributed by atoms with Crippen LogP contribution in [0.4, 0.5) is 13.2 Å².